The Hall–Kier alpha value is -2.46. The molecule has 0 fully saturated rings. The van der Waals surface area contributed by atoms with Crippen molar-refractivity contribution in [2.45, 2.75) is 13.0 Å². The van der Waals surface area contributed by atoms with Crippen molar-refractivity contribution in [2.75, 3.05) is 0 Å². The van der Waals surface area contributed by atoms with Crippen molar-refractivity contribution in [3.8, 4) is 5.69 Å². The number of rotatable bonds is 3. The molecule has 1 unspecified atom stereocenters. The van der Waals surface area contributed by atoms with Gasteiger partial charge >= 0.3 is 0 Å². The SMILES string of the molecule is Cc1ncccc1C(N)c1ccnn1-c1ccccc1. The van der Waals surface area contributed by atoms with Gasteiger partial charge in [-0.15, -0.1) is 0 Å². The number of hydrogen-bond donors (Lipinski definition) is 1. The van der Waals surface area contributed by atoms with E-state index in [1.165, 1.54) is 0 Å². The van der Waals surface area contributed by atoms with Crippen LogP contribution in [0.3, 0.4) is 0 Å². The summed E-state index contributed by atoms with van der Waals surface area (Å²) < 4.78 is 1.87. The first kappa shape index (κ1) is 12.6. The topological polar surface area (TPSA) is 56.7 Å². The van der Waals surface area contributed by atoms with E-state index in [1.54, 1.807) is 12.4 Å². The molecule has 2 heterocycles. The van der Waals surface area contributed by atoms with Gasteiger partial charge in [0.05, 0.1) is 17.4 Å². The number of pyridine rings is 1. The normalized spacial score (nSPS) is 12.3. The van der Waals surface area contributed by atoms with Crippen molar-refractivity contribution in [1.82, 2.24) is 14.8 Å². The predicted molar refractivity (Wildman–Crippen MR) is 78.6 cm³/mol. The molecule has 2 N–H and O–H groups in total. The van der Waals surface area contributed by atoms with Gasteiger partial charge in [0.2, 0.25) is 0 Å². The molecule has 0 saturated carbocycles. The largest absolute Gasteiger partial charge is 0.319 e. The van der Waals surface area contributed by atoms with Crippen LogP contribution in [-0.2, 0) is 0 Å². The molecule has 20 heavy (non-hydrogen) atoms. The molecule has 0 bridgehead atoms. The van der Waals surface area contributed by atoms with Crippen LogP contribution in [0.15, 0.2) is 60.9 Å². The van der Waals surface area contributed by atoms with E-state index < -0.39 is 0 Å². The molecule has 2 aromatic heterocycles. The standard InChI is InChI=1S/C16H16N4/c1-12-14(8-5-10-18-12)16(17)15-9-11-19-20(15)13-6-3-2-4-7-13/h2-11,16H,17H2,1H3. The van der Waals surface area contributed by atoms with Gasteiger partial charge in [-0.25, -0.2) is 4.68 Å². The Morgan fingerprint density at radius 3 is 2.55 bits per heavy atom. The van der Waals surface area contributed by atoms with Gasteiger partial charge in [0.1, 0.15) is 0 Å². The molecular formula is C16H16N4. The fraction of sp³-hybridized carbons (Fsp3) is 0.125. The molecule has 4 nitrogen and oxygen atoms in total. The first-order chi connectivity index (χ1) is 9.77. The highest BCUT2D eigenvalue weighted by atomic mass is 15.3. The Morgan fingerprint density at radius 2 is 1.80 bits per heavy atom. The van der Waals surface area contributed by atoms with E-state index in [-0.39, 0.29) is 6.04 Å². The highest BCUT2D eigenvalue weighted by molar-refractivity contribution is 5.37. The smallest absolute Gasteiger partial charge is 0.0745 e. The lowest BCUT2D eigenvalue weighted by molar-refractivity contribution is 0.732. The van der Waals surface area contributed by atoms with E-state index in [0.29, 0.717) is 0 Å². The summed E-state index contributed by atoms with van der Waals surface area (Å²) in [6.45, 7) is 1.97. The van der Waals surface area contributed by atoms with Gasteiger partial charge in [-0.05, 0) is 36.8 Å². The van der Waals surface area contributed by atoms with E-state index in [1.807, 2.05) is 60.1 Å². The lowest BCUT2D eigenvalue weighted by Gasteiger charge is -2.16. The number of para-hydroxylation sites is 1. The van der Waals surface area contributed by atoms with Gasteiger partial charge in [0.25, 0.3) is 0 Å². The summed E-state index contributed by atoms with van der Waals surface area (Å²) in [6.07, 6.45) is 3.55. The molecular weight excluding hydrogens is 248 g/mol. The fourth-order valence-corrected chi connectivity index (χ4v) is 2.32. The van der Waals surface area contributed by atoms with E-state index in [2.05, 4.69) is 10.1 Å². The van der Waals surface area contributed by atoms with Crippen molar-refractivity contribution >= 4 is 0 Å². The van der Waals surface area contributed by atoms with Crippen LogP contribution in [0.2, 0.25) is 0 Å². The maximum absolute atomic E-state index is 6.40. The summed E-state index contributed by atoms with van der Waals surface area (Å²) in [5.41, 5.74) is 10.3. The Morgan fingerprint density at radius 1 is 1.00 bits per heavy atom. The number of benzene rings is 1. The van der Waals surface area contributed by atoms with E-state index in [9.17, 15) is 0 Å². The van der Waals surface area contributed by atoms with Crippen LogP contribution in [0.4, 0.5) is 0 Å². The molecule has 0 aliphatic carbocycles. The van der Waals surface area contributed by atoms with Crippen LogP contribution >= 0.6 is 0 Å². The Bertz CT molecular complexity index is 703. The molecule has 0 aliphatic heterocycles. The quantitative estimate of drug-likeness (QED) is 0.791. The van der Waals surface area contributed by atoms with Crippen molar-refractivity contribution in [2.24, 2.45) is 5.73 Å². The second kappa shape index (κ2) is 5.27. The lowest BCUT2D eigenvalue weighted by atomic mass is 10.0. The number of aryl methyl sites for hydroxylation is 1. The van der Waals surface area contributed by atoms with Gasteiger partial charge in [-0.2, -0.15) is 5.10 Å². The highest BCUT2D eigenvalue weighted by Crippen LogP contribution is 2.23. The van der Waals surface area contributed by atoms with Crippen molar-refractivity contribution in [3.63, 3.8) is 0 Å². The summed E-state index contributed by atoms with van der Waals surface area (Å²) >= 11 is 0. The van der Waals surface area contributed by atoms with Crippen molar-refractivity contribution in [3.05, 3.63) is 77.9 Å². The zero-order valence-corrected chi connectivity index (χ0v) is 11.3. The number of hydrogen-bond acceptors (Lipinski definition) is 3. The molecule has 0 aliphatic rings. The van der Waals surface area contributed by atoms with Gasteiger partial charge in [-0.1, -0.05) is 24.3 Å². The number of nitrogens with two attached hydrogens (primary N) is 1. The van der Waals surface area contributed by atoms with Crippen LogP contribution < -0.4 is 5.73 Å². The zero-order chi connectivity index (χ0) is 13.9. The number of nitrogens with zero attached hydrogens (tertiary/aromatic N) is 3. The highest BCUT2D eigenvalue weighted by Gasteiger charge is 2.16. The second-order valence-electron chi connectivity index (χ2n) is 4.66. The van der Waals surface area contributed by atoms with Crippen LogP contribution in [0, 0.1) is 6.92 Å². The summed E-state index contributed by atoms with van der Waals surface area (Å²) in [7, 11) is 0. The van der Waals surface area contributed by atoms with E-state index >= 15 is 0 Å². The number of aromatic nitrogens is 3. The molecule has 0 amide bonds. The van der Waals surface area contributed by atoms with Gasteiger partial charge in [0.15, 0.2) is 0 Å². The molecule has 0 saturated heterocycles. The van der Waals surface area contributed by atoms with Crippen LogP contribution in [0.5, 0.6) is 0 Å². The first-order valence-electron chi connectivity index (χ1n) is 6.54. The average Bonchev–Trinajstić information content (AvgIpc) is 2.97. The summed E-state index contributed by atoms with van der Waals surface area (Å²) in [6, 6.07) is 15.6. The monoisotopic (exact) mass is 264 g/mol. The summed E-state index contributed by atoms with van der Waals surface area (Å²) in [5.74, 6) is 0. The molecule has 0 radical (unpaired) electrons. The molecule has 0 spiro atoms. The van der Waals surface area contributed by atoms with Crippen molar-refractivity contribution < 1.29 is 0 Å². The molecule has 4 heteroatoms. The Kier molecular flexibility index (Phi) is 3.31. The lowest BCUT2D eigenvalue weighted by Crippen LogP contribution is -2.18. The predicted octanol–water partition coefficient (Wildman–Crippen LogP) is 2.62. The van der Waals surface area contributed by atoms with Crippen LogP contribution in [0.1, 0.15) is 23.0 Å². The minimum atomic E-state index is -0.244. The molecule has 3 aromatic rings. The van der Waals surface area contributed by atoms with Crippen molar-refractivity contribution in [1.29, 1.82) is 0 Å². The minimum absolute atomic E-state index is 0.244. The Balaban J connectivity index is 2.04. The second-order valence-corrected chi connectivity index (χ2v) is 4.66. The van der Waals surface area contributed by atoms with E-state index in [0.717, 1.165) is 22.6 Å². The zero-order valence-electron chi connectivity index (χ0n) is 11.3. The Labute approximate surface area is 117 Å². The van der Waals surface area contributed by atoms with Gasteiger partial charge < -0.3 is 5.73 Å². The summed E-state index contributed by atoms with van der Waals surface area (Å²) in [4.78, 5) is 4.30. The maximum Gasteiger partial charge on any atom is 0.0745 e. The first-order valence-corrected chi connectivity index (χ1v) is 6.54. The maximum atomic E-state index is 6.40. The third-order valence-corrected chi connectivity index (χ3v) is 3.37. The minimum Gasteiger partial charge on any atom is -0.319 e. The van der Waals surface area contributed by atoms with Crippen LogP contribution in [0.25, 0.3) is 5.69 Å². The summed E-state index contributed by atoms with van der Waals surface area (Å²) in [5, 5.41) is 4.38. The third-order valence-electron chi connectivity index (χ3n) is 3.37. The average molecular weight is 264 g/mol. The molecule has 1 aromatic carbocycles. The van der Waals surface area contributed by atoms with E-state index in [4.69, 9.17) is 5.73 Å². The van der Waals surface area contributed by atoms with Gasteiger partial charge in [0, 0.05) is 18.1 Å². The van der Waals surface area contributed by atoms with Crippen LogP contribution in [-0.4, -0.2) is 14.8 Å². The third kappa shape index (κ3) is 2.21. The fourth-order valence-electron chi connectivity index (χ4n) is 2.32. The molecule has 1 atom stereocenters. The molecule has 100 valence electrons. The van der Waals surface area contributed by atoms with Gasteiger partial charge in [-0.3, -0.25) is 4.98 Å². The molecule has 3 rings (SSSR count).